The van der Waals surface area contributed by atoms with Gasteiger partial charge in [-0.3, -0.25) is 0 Å². The first kappa shape index (κ1) is 12.2. The van der Waals surface area contributed by atoms with E-state index in [1.165, 1.54) is 11.1 Å². The minimum absolute atomic E-state index is 0.200. The Morgan fingerprint density at radius 2 is 1.89 bits per heavy atom. The molecule has 0 aliphatic heterocycles. The molecule has 0 aliphatic carbocycles. The molecule has 1 atom stereocenters. The zero-order chi connectivity index (χ0) is 12.8. The maximum atomic E-state index is 9.21. The number of hydrogen-bond acceptors (Lipinski definition) is 2. The van der Waals surface area contributed by atoms with Crippen molar-refractivity contribution in [1.29, 1.82) is 5.26 Å². The highest BCUT2D eigenvalue weighted by molar-refractivity contribution is 5.47. The minimum Gasteiger partial charge on any atom is -0.370 e. The summed E-state index contributed by atoms with van der Waals surface area (Å²) in [5, 5.41) is 12.5. The number of rotatable bonds is 4. The Morgan fingerprint density at radius 3 is 2.56 bits per heavy atom. The number of benzene rings is 2. The minimum atomic E-state index is -0.200. The second-order valence-electron chi connectivity index (χ2n) is 4.39. The number of nitrogens with zero attached hydrogens (tertiary/aromatic N) is 1. The average Bonchev–Trinajstić information content (AvgIpc) is 2.39. The lowest BCUT2D eigenvalue weighted by Gasteiger charge is -2.13. The summed E-state index contributed by atoms with van der Waals surface area (Å²) >= 11 is 0. The molecule has 0 amide bonds. The molecule has 2 aromatic rings. The molecule has 0 aromatic heterocycles. The first-order chi connectivity index (χ1) is 8.78. The smallest absolute Gasteiger partial charge is 0.118 e. The van der Waals surface area contributed by atoms with Crippen LogP contribution < -0.4 is 5.32 Å². The number of aryl methyl sites for hydroxylation is 1. The molecular weight excluding hydrogens is 220 g/mol. The molecule has 0 saturated heterocycles. The van der Waals surface area contributed by atoms with E-state index in [0.717, 1.165) is 5.69 Å². The van der Waals surface area contributed by atoms with E-state index in [-0.39, 0.29) is 6.04 Å². The average molecular weight is 236 g/mol. The van der Waals surface area contributed by atoms with Crippen LogP contribution in [0.3, 0.4) is 0 Å². The third-order valence-corrected chi connectivity index (χ3v) is 2.80. The summed E-state index contributed by atoms with van der Waals surface area (Å²) in [4.78, 5) is 0. The Hall–Kier alpha value is -2.27. The standard InChI is InChI=1S/C16H16N2/c1-13-6-5-9-15(10-13)18-16(12-17)11-14-7-3-2-4-8-14/h2-10,16,18H,11H2,1H3. The van der Waals surface area contributed by atoms with Crippen molar-refractivity contribution in [1.82, 2.24) is 0 Å². The van der Waals surface area contributed by atoms with Gasteiger partial charge in [-0.2, -0.15) is 5.26 Å². The van der Waals surface area contributed by atoms with E-state index in [1.54, 1.807) is 0 Å². The molecule has 0 radical (unpaired) electrons. The Bertz CT molecular complexity index is 541. The molecule has 0 fully saturated rings. The van der Waals surface area contributed by atoms with Crippen molar-refractivity contribution in [3.8, 4) is 6.07 Å². The fourth-order valence-corrected chi connectivity index (χ4v) is 1.91. The van der Waals surface area contributed by atoms with Crippen molar-refractivity contribution in [2.75, 3.05) is 5.32 Å². The quantitative estimate of drug-likeness (QED) is 0.881. The Labute approximate surface area is 108 Å². The van der Waals surface area contributed by atoms with Crippen LogP contribution in [0.5, 0.6) is 0 Å². The van der Waals surface area contributed by atoms with Crippen molar-refractivity contribution >= 4 is 5.69 Å². The monoisotopic (exact) mass is 236 g/mol. The van der Waals surface area contributed by atoms with Crippen molar-refractivity contribution in [2.24, 2.45) is 0 Å². The van der Waals surface area contributed by atoms with Crippen LogP contribution in [0, 0.1) is 18.3 Å². The fraction of sp³-hybridized carbons (Fsp3) is 0.188. The largest absolute Gasteiger partial charge is 0.370 e. The molecule has 0 bridgehead atoms. The topological polar surface area (TPSA) is 35.8 Å². The normalized spacial score (nSPS) is 11.6. The van der Waals surface area contributed by atoms with Crippen molar-refractivity contribution in [3.63, 3.8) is 0 Å². The van der Waals surface area contributed by atoms with Gasteiger partial charge in [0.05, 0.1) is 6.07 Å². The van der Waals surface area contributed by atoms with E-state index in [2.05, 4.69) is 17.5 Å². The summed E-state index contributed by atoms with van der Waals surface area (Å²) in [6.45, 7) is 2.05. The van der Waals surface area contributed by atoms with Crippen LogP contribution in [-0.4, -0.2) is 6.04 Å². The maximum Gasteiger partial charge on any atom is 0.118 e. The Kier molecular flexibility index (Phi) is 3.98. The van der Waals surface area contributed by atoms with Gasteiger partial charge in [0.25, 0.3) is 0 Å². The first-order valence-corrected chi connectivity index (χ1v) is 6.04. The van der Waals surface area contributed by atoms with Crippen LogP contribution in [0.25, 0.3) is 0 Å². The molecule has 0 aliphatic rings. The lowest BCUT2D eigenvalue weighted by atomic mass is 10.1. The highest BCUT2D eigenvalue weighted by atomic mass is 14.9. The highest BCUT2D eigenvalue weighted by Gasteiger charge is 2.07. The molecule has 2 aromatic carbocycles. The van der Waals surface area contributed by atoms with Crippen molar-refractivity contribution in [2.45, 2.75) is 19.4 Å². The number of hydrogen-bond donors (Lipinski definition) is 1. The van der Waals surface area contributed by atoms with Gasteiger partial charge < -0.3 is 5.32 Å². The second kappa shape index (κ2) is 5.88. The summed E-state index contributed by atoms with van der Waals surface area (Å²) in [5.41, 5.74) is 3.36. The van der Waals surface area contributed by atoms with Gasteiger partial charge in [0, 0.05) is 12.1 Å². The van der Waals surface area contributed by atoms with E-state index in [1.807, 2.05) is 55.5 Å². The van der Waals surface area contributed by atoms with Gasteiger partial charge in [-0.15, -0.1) is 0 Å². The lowest BCUT2D eigenvalue weighted by molar-refractivity contribution is 0.876. The van der Waals surface area contributed by atoms with Crippen LogP contribution in [0.2, 0.25) is 0 Å². The number of nitriles is 1. The summed E-state index contributed by atoms with van der Waals surface area (Å²) in [6.07, 6.45) is 0.714. The van der Waals surface area contributed by atoms with Crippen LogP contribution in [-0.2, 0) is 6.42 Å². The van der Waals surface area contributed by atoms with Gasteiger partial charge in [-0.1, -0.05) is 42.5 Å². The molecular formula is C16H16N2. The summed E-state index contributed by atoms with van der Waals surface area (Å²) < 4.78 is 0. The van der Waals surface area contributed by atoms with Gasteiger partial charge in [0.1, 0.15) is 6.04 Å². The molecule has 1 N–H and O–H groups in total. The molecule has 2 nitrogen and oxygen atoms in total. The van der Waals surface area contributed by atoms with Gasteiger partial charge in [-0.25, -0.2) is 0 Å². The predicted octanol–water partition coefficient (Wildman–Crippen LogP) is 3.54. The van der Waals surface area contributed by atoms with Crippen molar-refractivity contribution in [3.05, 3.63) is 65.7 Å². The molecule has 2 rings (SSSR count). The van der Waals surface area contributed by atoms with Gasteiger partial charge >= 0.3 is 0 Å². The maximum absolute atomic E-state index is 9.21. The molecule has 0 heterocycles. The molecule has 2 heteroatoms. The third kappa shape index (κ3) is 3.36. The number of nitrogens with one attached hydrogen (secondary N) is 1. The van der Waals surface area contributed by atoms with Crippen LogP contribution in [0.1, 0.15) is 11.1 Å². The van der Waals surface area contributed by atoms with Gasteiger partial charge in [-0.05, 0) is 30.2 Å². The zero-order valence-electron chi connectivity index (χ0n) is 10.4. The van der Waals surface area contributed by atoms with E-state index < -0.39 is 0 Å². The van der Waals surface area contributed by atoms with E-state index in [4.69, 9.17) is 0 Å². The third-order valence-electron chi connectivity index (χ3n) is 2.80. The highest BCUT2D eigenvalue weighted by Crippen LogP contribution is 2.13. The summed E-state index contributed by atoms with van der Waals surface area (Å²) in [6, 6.07) is 20.3. The van der Waals surface area contributed by atoms with Crippen LogP contribution >= 0.6 is 0 Å². The zero-order valence-corrected chi connectivity index (χ0v) is 10.4. The molecule has 0 saturated carbocycles. The SMILES string of the molecule is Cc1cccc(NC(C#N)Cc2ccccc2)c1. The first-order valence-electron chi connectivity index (χ1n) is 6.04. The Balaban J connectivity index is 2.05. The fourth-order valence-electron chi connectivity index (χ4n) is 1.91. The molecule has 18 heavy (non-hydrogen) atoms. The van der Waals surface area contributed by atoms with Crippen LogP contribution in [0.15, 0.2) is 54.6 Å². The second-order valence-corrected chi connectivity index (χ2v) is 4.39. The predicted molar refractivity (Wildman–Crippen MR) is 74.3 cm³/mol. The van der Waals surface area contributed by atoms with E-state index in [9.17, 15) is 5.26 Å². The van der Waals surface area contributed by atoms with Gasteiger partial charge in [0.15, 0.2) is 0 Å². The van der Waals surface area contributed by atoms with E-state index in [0.29, 0.717) is 6.42 Å². The van der Waals surface area contributed by atoms with Gasteiger partial charge in [0.2, 0.25) is 0 Å². The van der Waals surface area contributed by atoms with E-state index >= 15 is 0 Å². The lowest BCUT2D eigenvalue weighted by Crippen LogP contribution is -2.20. The van der Waals surface area contributed by atoms with Crippen LogP contribution in [0.4, 0.5) is 5.69 Å². The molecule has 1 unspecified atom stereocenters. The number of anilines is 1. The molecule has 90 valence electrons. The summed E-state index contributed by atoms with van der Waals surface area (Å²) in [5.74, 6) is 0. The molecule has 0 spiro atoms. The van der Waals surface area contributed by atoms with Crippen molar-refractivity contribution < 1.29 is 0 Å². The Morgan fingerprint density at radius 1 is 1.11 bits per heavy atom. The summed E-state index contributed by atoms with van der Waals surface area (Å²) in [7, 11) is 0.